The molecular formula is C22H20N5O3S2-. The summed E-state index contributed by atoms with van der Waals surface area (Å²) in [6.45, 7) is 4.89. The van der Waals surface area contributed by atoms with Crippen LogP contribution in [-0.2, 0) is 21.6 Å². The first-order chi connectivity index (χ1) is 15.6. The minimum absolute atomic E-state index is 0.00416. The molecule has 0 radical (unpaired) electrons. The van der Waals surface area contributed by atoms with Gasteiger partial charge in [-0.05, 0) is 35.7 Å². The minimum atomic E-state index is -2.13. The summed E-state index contributed by atoms with van der Waals surface area (Å²) in [5.74, 6) is 1.49. The number of nitrogens with zero attached hydrogens (tertiary/aromatic N) is 5. The standard InChI is InChI=1S/C22H21N5O3S2/c1-14-18-20(31-19(14)16-4-2-3-15(11-16)13-32(28)29)22(27-7-9-30-10-8-27)26-21(25-18)17-5-6-23-24-12-17/h2-6,11-12H,7-10,13H2,1H3,(H,28,29)/p-1. The maximum absolute atomic E-state index is 11.2. The highest BCUT2D eigenvalue weighted by Gasteiger charge is 2.23. The maximum atomic E-state index is 11.2. The first-order valence-corrected chi connectivity index (χ1v) is 12.2. The van der Waals surface area contributed by atoms with Crippen LogP contribution in [0.15, 0.2) is 42.7 Å². The lowest BCUT2D eigenvalue weighted by atomic mass is 10.1. The third kappa shape index (κ3) is 4.14. The highest BCUT2D eigenvalue weighted by Crippen LogP contribution is 2.42. The van der Waals surface area contributed by atoms with Gasteiger partial charge < -0.3 is 14.2 Å². The summed E-state index contributed by atoms with van der Waals surface area (Å²) >= 11 is -0.492. The van der Waals surface area contributed by atoms with Crippen LogP contribution in [0, 0.1) is 6.92 Å². The van der Waals surface area contributed by atoms with Crippen molar-refractivity contribution in [2.45, 2.75) is 12.7 Å². The van der Waals surface area contributed by atoms with Crippen LogP contribution >= 0.6 is 11.3 Å². The van der Waals surface area contributed by atoms with Gasteiger partial charge in [0.05, 0.1) is 35.8 Å². The molecule has 0 saturated carbocycles. The van der Waals surface area contributed by atoms with Gasteiger partial charge in [0.15, 0.2) is 11.6 Å². The molecule has 1 atom stereocenters. The van der Waals surface area contributed by atoms with Crippen LogP contribution in [0.4, 0.5) is 5.82 Å². The van der Waals surface area contributed by atoms with Crippen LogP contribution in [0.25, 0.3) is 32.0 Å². The number of hydrogen-bond donors (Lipinski definition) is 0. The van der Waals surface area contributed by atoms with Crippen molar-refractivity contribution in [1.82, 2.24) is 20.2 Å². The van der Waals surface area contributed by atoms with Crippen LogP contribution in [-0.4, -0.2) is 55.2 Å². The molecule has 1 aliphatic rings. The van der Waals surface area contributed by atoms with Crippen LogP contribution < -0.4 is 4.90 Å². The van der Waals surface area contributed by atoms with Crippen molar-refractivity contribution >= 4 is 38.5 Å². The Bertz CT molecular complexity index is 1290. The molecule has 1 fully saturated rings. The summed E-state index contributed by atoms with van der Waals surface area (Å²) in [5.41, 5.74) is 4.49. The van der Waals surface area contributed by atoms with E-state index in [9.17, 15) is 8.76 Å². The average molecular weight is 467 g/mol. The Morgan fingerprint density at radius 2 is 2.00 bits per heavy atom. The molecule has 4 heterocycles. The molecule has 0 bridgehead atoms. The molecular weight excluding hydrogens is 446 g/mol. The summed E-state index contributed by atoms with van der Waals surface area (Å²) in [6, 6.07) is 9.51. The van der Waals surface area contributed by atoms with E-state index in [0.29, 0.717) is 19.0 Å². The number of hydrogen-bond acceptors (Lipinski definition) is 9. The van der Waals surface area contributed by atoms with E-state index in [-0.39, 0.29) is 5.75 Å². The van der Waals surface area contributed by atoms with Crippen molar-refractivity contribution in [3.63, 3.8) is 0 Å². The second-order valence-corrected chi connectivity index (χ2v) is 9.40. The van der Waals surface area contributed by atoms with E-state index in [0.717, 1.165) is 56.3 Å². The largest absolute Gasteiger partial charge is 0.772 e. The van der Waals surface area contributed by atoms with E-state index in [1.54, 1.807) is 23.7 Å². The SMILES string of the molecule is Cc1c(-c2cccc(CS(=O)[O-])c2)sc2c(N3CCOCC3)nc(-c3ccnnc3)nc12. The third-order valence-corrected chi connectivity index (χ3v) is 7.27. The number of thiophene rings is 1. The number of aromatic nitrogens is 4. The predicted molar refractivity (Wildman–Crippen MR) is 124 cm³/mol. The Morgan fingerprint density at radius 1 is 1.16 bits per heavy atom. The highest BCUT2D eigenvalue weighted by atomic mass is 32.2. The Hall–Kier alpha value is -2.79. The summed E-state index contributed by atoms with van der Waals surface area (Å²) < 4.78 is 28.9. The van der Waals surface area contributed by atoms with Crippen molar-refractivity contribution < 1.29 is 13.5 Å². The van der Waals surface area contributed by atoms with E-state index in [1.807, 2.05) is 30.3 Å². The van der Waals surface area contributed by atoms with E-state index in [1.165, 1.54) is 0 Å². The van der Waals surface area contributed by atoms with Gasteiger partial charge in [0.1, 0.15) is 0 Å². The zero-order valence-corrected chi connectivity index (χ0v) is 19.0. The first-order valence-electron chi connectivity index (χ1n) is 10.2. The lowest BCUT2D eigenvalue weighted by molar-refractivity contribution is 0.122. The molecule has 32 heavy (non-hydrogen) atoms. The second kappa shape index (κ2) is 8.99. The zero-order chi connectivity index (χ0) is 22.1. The molecule has 4 aromatic rings. The van der Waals surface area contributed by atoms with Crippen LogP contribution in [0.5, 0.6) is 0 Å². The summed E-state index contributed by atoms with van der Waals surface area (Å²) in [6.07, 6.45) is 3.30. The topological polar surface area (TPSA) is 104 Å². The third-order valence-electron chi connectivity index (χ3n) is 5.37. The Kier molecular flexibility index (Phi) is 5.92. The Balaban J connectivity index is 1.69. The van der Waals surface area contributed by atoms with Crippen molar-refractivity contribution in [2.75, 3.05) is 31.2 Å². The first kappa shape index (κ1) is 21.1. The smallest absolute Gasteiger partial charge is 0.163 e. The van der Waals surface area contributed by atoms with E-state index >= 15 is 0 Å². The predicted octanol–water partition coefficient (Wildman–Crippen LogP) is 3.34. The lowest BCUT2D eigenvalue weighted by Crippen LogP contribution is -2.36. The quantitative estimate of drug-likeness (QED) is 0.413. The normalized spacial score (nSPS) is 15.2. The summed E-state index contributed by atoms with van der Waals surface area (Å²) in [5, 5.41) is 7.84. The van der Waals surface area contributed by atoms with Gasteiger partial charge in [-0.15, -0.1) is 11.3 Å². The number of fused-ring (bicyclic) bond motifs is 1. The van der Waals surface area contributed by atoms with Gasteiger partial charge in [0.2, 0.25) is 0 Å². The molecule has 1 aromatic carbocycles. The summed E-state index contributed by atoms with van der Waals surface area (Å²) in [7, 11) is 0. The Morgan fingerprint density at radius 3 is 2.75 bits per heavy atom. The van der Waals surface area contributed by atoms with Crippen LogP contribution in [0.3, 0.4) is 0 Å². The molecule has 0 aliphatic carbocycles. The van der Waals surface area contributed by atoms with Crippen molar-refractivity contribution in [3.05, 3.63) is 53.9 Å². The molecule has 1 aliphatic heterocycles. The monoisotopic (exact) mass is 466 g/mol. The number of anilines is 1. The molecule has 0 N–H and O–H groups in total. The van der Waals surface area contributed by atoms with Gasteiger partial charge in [-0.2, -0.15) is 10.2 Å². The van der Waals surface area contributed by atoms with Gasteiger partial charge in [-0.25, -0.2) is 9.97 Å². The lowest BCUT2D eigenvalue weighted by Gasteiger charge is -2.28. The van der Waals surface area contributed by atoms with Gasteiger partial charge >= 0.3 is 0 Å². The van der Waals surface area contributed by atoms with E-state index < -0.39 is 11.1 Å². The van der Waals surface area contributed by atoms with Gasteiger partial charge in [0.25, 0.3) is 0 Å². The van der Waals surface area contributed by atoms with Crippen LogP contribution in [0.2, 0.25) is 0 Å². The maximum Gasteiger partial charge on any atom is 0.163 e. The number of morpholine rings is 1. The fourth-order valence-corrected chi connectivity index (χ4v) is 5.54. The molecule has 1 saturated heterocycles. The molecule has 5 rings (SSSR count). The molecule has 0 amide bonds. The average Bonchev–Trinajstić information content (AvgIpc) is 3.16. The Labute approximate surface area is 191 Å². The number of ether oxygens (including phenoxy) is 1. The van der Waals surface area contributed by atoms with Crippen molar-refractivity contribution in [1.29, 1.82) is 0 Å². The second-order valence-electron chi connectivity index (χ2n) is 7.48. The number of rotatable bonds is 5. The van der Waals surface area contributed by atoms with Crippen LogP contribution in [0.1, 0.15) is 11.1 Å². The number of aryl methyl sites for hydroxylation is 1. The van der Waals surface area contributed by atoms with Gasteiger partial charge in [-0.1, -0.05) is 29.3 Å². The van der Waals surface area contributed by atoms with Gasteiger partial charge in [-0.3, -0.25) is 4.21 Å². The molecule has 3 aromatic heterocycles. The van der Waals surface area contributed by atoms with Crippen molar-refractivity contribution in [3.8, 4) is 21.8 Å². The zero-order valence-electron chi connectivity index (χ0n) is 17.4. The highest BCUT2D eigenvalue weighted by molar-refractivity contribution is 7.78. The van der Waals surface area contributed by atoms with Crippen molar-refractivity contribution in [2.24, 2.45) is 0 Å². The molecule has 10 heteroatoms. The fourth-order valence-electron chi connectivity index (χ4n) is 3.83. The fraction of sp³-hybridized carbons (Fsp3) is 0.273. The van der Waals surface area contributed by atoms with E-state index in [4.69, 9.17) is 14.7 Å². The minimum Gasteiger partial charge on any atom is -0.772 e. The number of benzene rings is 1. The molecule has 1 unspecified atom stereocenters. The molecule has 164 valence electrons. The van der Waals surface area contributed by atoms with Gasteiger partial charge in [0, 0.05) is 29.3 Å². The summed E-state index contributed by atoms with van der Waals surface area (Å²) in [4.78, 5) is 13.1. The molecule has 0 spiro atoms. The molecule has 8 nitrogen and oxygen atoms in total. The van der Waals surface area contributed by atoms with E-state index in [2.05, 4.69) is 22.0 Å².